The Hall–Kier alpha value is -3.98. The molecule has 0 saturated carbocycles. The maximum Gasteiger partial charge on any atom is 0.295 e. The molecule has 4 aromatic rings. The molecule has 1 atom stereocenters. The van der Waals surface area contributed by atoms with Crippen molar-refractivity contribution in [2.45, 2.75) is 16.6 Å². The fourth-order valence-electron chi connectivity index (χ4n) is 3.95. The number of aromatic nitrogens is 3. The zero-order chi connectivity index (χ0) is 22.4. The molecule has 9 heteroatoms. The molecule has 1 aromatic heterocycles. The van der Waals surface area contributed by atoms with E-state index in [1.165, 1.54) is 30.0 Å². The number of ether oxygens (including phenoxy) is 1. The van der Waals surface area contributed by atoms with Crippen molar-refractivity contribution in [3.8, 4) is 17.1 Å². The molecule has 3 aromatic carbocycles. The highest BCUT2D eigenvalue weighted by atomic mass is 32.2. The second-order valence-corrected chi connectivity index (χ2v) is 8.56. The largest absolute Gasteiger partial charge is 0.435 e. The van der Waals surface area contributed by atoms with Gasteiger partial charge in [-0.05, 0) is 29.8 Å². The van der Waals surface area contributed by atoms with E-state index in [-0.39, 0.29) is 5.88 Å². The molecule has 0 unspecified atom stereocenters. The molecule has 2 aliphatic rings. The van der Waals surface area contributed by atoms with Crippen molar-refractivity contribution in [1.82, 2.24) is 15.2 Å². The smallest absolute Gasteiger partial charge is 0.295 e. The Morgan fingerprint density at radius 3 is 2.67 bits per heavy atom. The summed E-state index contributed by atoms with van der Waals surface area (Å²) in [6, 6.07) is 21.3. The van der Waals surface area contributed by atoms with Crippen LogP contribution in [0.5, 0.6) is 5.88 Å². The van der Waals surface area contributed by atoms with Gasteiger partial charge in [0.2, 0.25) is 11.0 Å². The molecule has 162 valence electrons. The number of para-hydroxylation sites is 1. The lowest BCUT2D eigenvalue weighted by Gasteiger charge is -2.28. The van der Waals surface area contributed by atoms with Gasteiger partial charge in [-0.2, -0.15) is 4.98 Å². The normalized spacial score (nSPS) is 17.8. The Morgan fingerprint density at radius 2 is 1.79 bits per heavy atom. The number of anilines is 2. The van der Waals surface area contributed by atoms with E-state index in [9.17, 15) is 9.18 Å². The van der Waals surface area contributed by atoms with E-state index in [1.54, 1.807) is 6.07 Å². The van der Waals surface area contributed by atoms with Gasteiger partial charge in [0.25, 0.3) is 11.6 Å². The molecular weight excluding hydrogens is 441 g/mol. The van der Waals surface area contributed by atoms with E-state index in [0.29, 0.717) is 39.1 Å². The predicted molar refractivity (Wildman–Crippen MR) is 122 cm³/mol. The highest BCUT2D eigenvalue weighted by molar-refractivity contribution is 7.98. The van der Waals surface area contributed by atoms with Crippen molar-refractivity contribution in [1.29, 1.82) is 0 Å². The maximum absolute atomic E-state index is 14.2. The van der Waals surface area contributed by atoms with Gasteiger partial charge in [-0.3, -0.25) is 4.79 Å². The Balaban J connectivity index is 1.46. The van der Waals surface area contributed by atoms with Gasteiger partial charge in [0.05, 0.1) is 11.3 Å². The Kier molecular flexibility index (Phi) is 4.51. The van der Waals surface area contributed by atoms with E-state index in [4.69, 9.17) is 4.74 Å². The number of carbonyl (C=O) groups is 1. The summed E-state index contributed by atoms with van der Waals surface area (Å²) in [7, 11) is 0. The number of rotatable bonds is 3. The van der Waals surface area contributed by atoms with Gasteiger partial charge in [0, 0.05) is 17.0 Å². The average molecular weight is 457 g/mol. The van der Waals surface area contributed by atoms with Crippen LogP contribution in [0.2, 0.25) is 0 Å². The minimum atomic E-state index is -1.70. The van der Waals surface area contributed by atoms with Crippen LogP contribution in [0.25, 0.3) is 11.3 Å². The van der Waals surface area contributed by atoms with Crippen molar-refractivity contribution < 1.29 is 13.9 Å². The lowest BCUT2D eigenvalue weighted by atomic mass is 10.0. The number of halogens is 1. The van der Waals surface area contributed by atoms with Gasteiger partial charge in [-0.1, -0.05) is 60.3 Å². The van der Waals surface area contributed by atoms with E-state index in [0.717, 1.165) is 5.56 Å². The number of nitrogens with zero attached hydrogens (tertiary/aromatic N) is 3. The number of hydrogen-bond donors (Lipinski definition) is 2. The van der Waals surface area contributed by atoms with Gasteiger partial charge in [0.15, 0.2) is 5.69 Å². The van der Waals surface area contributed by atoms with Gasteiger partial charge in [0.1, 0.15) is 5.82 Å². The molecular formula is C24H16FN5O2S. The molecule has 0 saturated heterocycles. The Morgan fingerprint density at radius 1 is 0.970 bits per heavy atom. The molecule has 6 rings (SSSR count). The van der Waals surface area contributed by atoms with Crippen LogP contribution >= 0.6 is 11.8 Å². The topological polar surface area (TPSA) is 89.0 Å². The third-order valence-electron chi connectivity index (χ3n) is 5.52. The monoisotopic (exact) mass is 457 g/mol. The number of hydrogen-bond acceptors (Lipinski definition) is 7. The zero-order valence-electron chi connectivity index (χ0n) is 17.1. The van der Waals surface area contributed by atoms with E-state index in [1.807, 2.05) is 48.5 Å². The molecule has 0 aliphatic carbocycles. The minimum absolute atomic E-state index is 0.144. The van der Waals surface area contributed by atoms with Crippen LogP contribution in [0.4, 0.5) is 15.8 Å². The van der Waals surface area contributed by atoms with Crippen LogP contribution in [-0.2, 0) is 16.3 Å². The summed E-state index contributed by atoms with van der Waals surface area (Å²) in [5.41, 5.74) is 1.91. The second kappa shape index (κ2) is 7.56. The summed E-state index contributed by atoms with van der Waals surface area (Å²) in [6.45, 7) is 0. The van der Waals surface area contributed by atoms with Gasteiger partial charge in [-0.15, -0.1) is 10.2 Å². The van der Waals surface area contributed by atoms with Gasteiger partial charge >= 0.3 is 0 Å². The fourth-order valence-corrected chi connectivity index (χ4v) is 4.69. The van der Waals surface area contributed by atoms with Crippen LogP contribution in [0.15, 0.2) is 78.0 Å². The Bertz CT molecular complexity index is 1400. The quantitative estimate of drug-likeness (QED) is 0.435. The molecule has 1 amide bonds. The predicted octanol–water partition coefficient (Wildman–Crippen LogP) is 4.58. The van der Waals surface area contributed by atoms with Gasteiger partial charge in [-0.25, -0.2) is 4.39 Å². The summed E-state index contributed by atoms with van der Waals surface area (Å²) < 4.78 is 20.4. The minimum Gasteiger partial charge on any atom is -0.435 e. The van der Waals surface area contributed by atoms with Gasteiger partial charge < -0.3 is 15.4 Å². The Labute approximate surface area is 192 Å². The molecule has 2 aliphatic heterocycles. The summed E-state index contributed by atoms with van der Waals surface area (Å²) in [5.74, 6) is -0.156. The number of nitrogens with one attached hydrogen (secondary N) is 2. The average Bonchev–Trinajstić information content (AvgIpc) is 3.00. The lowest BCUT2D eigenvalue weighted by Crippen LogP contribution is -2.47. The van der Waals surface area contributed by atoms with Crippen molar-refractivity contribution >= 4 is 29.0 Å². The first-order chi connectivity index (χ1) is 16.1. The molecule has 0 fully saturated rings. The first-order valence-electron chi connectivity index (χ1n) is 10.2. The fraction of sp³-hybridized carbons (Fsp3) is 0.0833. The van der Waals surface area contributed by atoms with E-state index in [2.05, 4.69) is 25.8 Å². The number of benzene rings is 3. The van der Waals surface area contributed by atoms with Crippen LogP contribution in [0.3, 0.4) is 0 Å². The van der Waals surface area contributed by atoms with Crippen LogP contribution in [0.1, 0.15) is 11.1 Å². The standard InChI is InChI=1S/C24H16FN5O2S/c25-15-10-11-19-17(12-15)24(22(31)26-19)28-18-9-5-4-8-16(18)20-21(32-24)27-23(30-29-20)33-13-14-6-2-1-3-7-14/h1-12,28H,13H2,(H,26,31)/t24-/m1/s1. The van der Waals surface area contributed by atoms with E-state index < -0.39 is 17.4 Å². The first kappa shape index (κ1) is 19.7. The maximum atomic E-state index is 14.2. The van der Waals surface area contributed by atoms with Crippen LogP contribution in [-0.4, -0.2) is 21.1 Å². The van der Waals surface area contributed by atoms with E-state index >= 15 is 0 Å². The summed E-state index contributed by atoms with van der Waals surface area (Å²) >= 11 is 1.41. The molecule has 33 heavy (non-hydrogen) atoms. The number of thioether (sulfide) groups is 1. The number of carbonyl (C=O) groups excluding carboxylic acids is 1. The highest BCUT2D eigenvalue weighted by Gasteiger charge is 2.52. The summed E-state index contributed by atoms with van der Waals surface area (Å²) in [6.07, 6.45) is 0. The van der Waals surface area contributed by atoms with Crippen molar-refractivity contribution in [3.05, 3.63) is 89.7 Å². The van der Waals surface area contributed by atoms with Crippen LogP contribution < -0.4 is 15.4 Å². The van der Waals surface area contributed by atoms with Crippen molar-refractivity contribution in [3.63, 3.8) is 0 Å². The molecule has 1 spiro atoms. The number of amides is 1. The first-order valence-corrected chi connectivity index (χ1v) is 11.2. The summed E-state index contributed by atoms with van der Waals surface area (Å²) in [5, 5.41) is 15.0. The molecule has 7 nitrogen and oxygen atoms in total. The van der Waals surface area contributed by atoms with Crippen LogP contribution in [0, 0.1) is 5.82 Å². The zero-order valence-corrected chi connectivity index (χ0v) is 17.9. The lowest BCUT2D eigenvalue weighted by molar-refractivity contribution is -0.128. The third kappa shape index (κ3) is 3.28. The van der Waals surface area contributed by atoms with Crippen molar-refractivity contribution in [2.24, 2.45) is 0 Å². The molecule has 0 bridgehead atoms. The molecule has 2 N–H and O–H groups in total. The highest BCUT2D eigenvalue weighted by Crippen LogP contribution is 2.46. The third-order valence-corrected chi connectivity index (χ3v) is 6.43. The molecule has 3 heterocycles. The summed E-state index contributed by atoms with van der Waals surface area (Å²) in [4.78, 5) is 17.8. The SMILES string of the molecule is O=C1Nc2ccc(F)cc2[C@]12Nc1ccccc1-c1nnc(SCc3ccccc3)nc1O2. The number of fused-ring (bicyclic) bond motifs is 5. The molecule has 0 radical (unpaired) electrons. The van der Waals surface area contributed by atoms with Crippen molar-refractivity contribution in [2.75, 3.05) is 10.6 Å². The second-order valence-electron chi connectivity index (χ2n) is 7.62.